The summed E-state index contributed by atoms with van der Waals surface area (Å²) in [5.41, 5.74) is 1.21. The van der Waals surface area contributed by atoms with E-state index >= 15 is 0 Å². The Bertz CT molecular complexity index is 1260. The number of nitrogens with one attached hydrogen (secondary N) is 2. The molecular formula is C27H37N5O5Si. The molecule has 0 spiro atoms. The molecule has 11 heteroatoms. The normalized spacial score (nSPS) is 14.3. The van der Waals surface area contributed by atoms with E-state index in [2.05, 4.69) is 57.3 Å². The maximum Gasteiger partial charge on any atom is 0.291 e. The highest BCUT2D eigenvalue weighted by Gasteiger charge is 2.26. The highest BCUT2D eigenvalue weighted by molar-refractivity contribution is 6.88. The maximum absolute atomic E-state index is 13.1. The van der Waals surface area contributed by atoms with Crippen molar-refractivity contribution in [3.05, 3.63) is 41.7 Å². The van der Waals surface area contributed by atoms with Gasteiger partial charge >= 0.3 is 0 Å². The standard InChI is InChI=1S/C27H37N5O5Si/c1-17-8-9-19(38(5,6)7)16-21(17)37-22-11-10-20(36-22)24(33)29-23-25(34-3)30-27(31-26(23)35-4)32-14-12-18(28-2)13-15-32/h8-11,16,18,28H,12-15H2,1-7H3,(H,29,33). The quantitative estimate of drug-likeness (QED) is 0.387. The molecule has 0 aliphatic carbocycles. The molecular weight excluding hydrogens is 502 g/mol. The number of benzene rings is 1. The van der Waals surface area contributed by atoms with E-state index in [1.54, 1.807) is 12.1 Å². The number of furan rings is 1. The first-order valence-electron chi connectivity index (χ1n) is 12.7. The first-order valence-corrected chi connectivity index (χ1v) is 16.2. The average Bonchev–Trinajstić information content (AvgIpc) is 3.38. The van der Waals surface area contributed by atoms with E-state index in [1.807, 2.05) is 20.0 Å². The SMILES string of the molecule is CNC1CCN(c2nc(OC)c(NC(=O)c3ccc(Oc4cc([Si](C)(C)C)ccc4C)o3)c(OC)n2)CC1. The molecule has 3 aromatic rings. The van der Waals surface area contributed by atoms with Crippen LogP contribution in [0.4, 0.5) is 11.6 Å². The van der Waals surface area contributed by atoms with Gasteiger partial charge in [-0.15, -0.1) is 0 Å². The lowest BCUT2D eigenvalue weighted by atomic mass is 10.1. The van der Waals surface area contributed by atoms with Crippen LogP contribution in [0.2, 0.25) is 19.6 Å². The monoisotopic (exact) mass is 539 g/mol. The van der Waals surface area contributed by atoms with Gasteiger partial charge in [0.25, 0.3) is 11.9 Å². The van der Waals surface area contributed by atoms with Crippen LogP contribution in [0, 0.1) is 6.92 Å². The summed E-state index contributed by atoms with van der Waals surface area (Å²) in [6.07, 6.45) is 1.96. The van der Waals surface area contributed by atoms with Crippen molar-refractivity contribution >= 4 is 30.8 Å². The summed E-state index contributed by atoms with van der Waals surface area (Å²) in [6.45, 7) is 10.4. The van der Waals surface area contributed by atoms with Gasteiger partial charge < -0.3 is 34.2 Å². The molecule has 1 aromatic carbocycles. The number of ether oxygens (including phenoxy) is 3. The molecule has 4 rings (SSSR count). The molecule has 3 heterocycles. The van der Waals surface area contributed by atoms with E-state index < -0.39 is 14.0 Å². The molecule has 1 aliphatic heterocycles. The number of amides is 1. The second kappa shape index (κ2) is 11.4. The zero-order chi connectivity index (χ0) is 27.4. The minimum Gasteiger partial charge on any atom is -0.479 e. The van der Waals surface area contributed by atoms with Gasteiger partial charge in [-0.05, 0) is 44.5 Å². The van der Waals surface area contributed by atoms with Gasteiger partial charge in [0.15, 0.2) is 11.4 Å². The summed E-state index contributed by atoms with van der Waals surface area (Å²) in [4.78, 5) is 24.3. The first kappa shape index (κ1) is 27.5. The molecule has 0 bridgehead atoms. The van der Waals surface area contributed by atoms with E-state index in [9.17, 15) is 4.79 Å². The Morgan fingerprint density at radius 2 is 1.71 bits per heavy atom. The predicted octanol–water partition coefficient (Wildman–Crippen LogP) is 4.17. The van der Waals surface area contributed by atoms with Crippen molar-refractivity contribution in [1.82, 2.24) is 15.3 Å². The minimum atomic E-state index is -1.52. The number of nitrogens with zero attached hydrogens (tertiary/aromatic N) is 3. The summed E-state index contributed by atoms with van der Waals surface area (Å²) in [5, 5.41) is 7.36. The lowest BCUT2D eigenvalue weighted by molar-refractivity contribution is 0.0990. The summed E-state index contributed by atoms with van der Waals surface area (Å²) >= 11 is 0. The lowest BCUT2D eigenvalue weighted by Gasteiger charge is -2.32. The Morgan fingerprint density at radius 3 is 2.29 bits per heavy atom. The summed E-state index contributed by atoms with van der Waals surface area (Å²) in [5.74, 6) is 1.40. The Morgan fingerprint density at radius 1 is 1.05 bits per heavy atom. The third-order valence-electron chi connectivity index (χ3n) is 6.71. The van der Waals surface area contributed by atoms with Crippen LogP contribution in [0.3, 0.4) is 0 Å². The van der Waals surface area contributed by atoms with Crippen LogP contribution in [0.25, 0.3) is 0 Å². The highest BCUT2D eigenvalue weighted by atomic mass is 28.3. The highest BCUT2D eigenvalue weighted by Crippen LogP contribution is 2.35. The van der Waals surface area contributed by atoms with Crippen molar-refractivity contribution in [2.24, 2.45) is 0 Å². The van der Waals surface area contributed by atoms with Gasteiger partial charge in [0.1, 0.15) is 5.75 Å². The second-order valence-electron chi connectivity index (χ2n) is 10.4. The average molecular weight is 540 g/mol. The third kappa shape index (κ3) is 6.11. The third-order valence-corrected chi connectivity index (χ3v) is 8.76. The molecule has 1 amide bonds. The number of rotatable bonds is 9. The number of aryl methyl sites for hydroxylation is 1. The Hall–Kier alpha value is -3.57. The number of piperidine rings is 1. The van der Waals surface area contributed by atoms with Gasteiger partial charge in [0.2, 0.25) is 17.7 Å². The zero-order valence-corrected chi connectivity index (χ0v) is 24.2. The van der Waals surface area contributed by atoms with Gasteiger partial charge in [0.05, 0.1) is 22.3 Å². The van der Waals surface area contributed by atoms with Crippen molar-refractivity contribution in [2.45, 2.75) is 45.4 Å². The van der Waals surface area contributed by atoms with Gasteiger partial charge in [-0.1, -0.05) is 37.0 Å². The van der Waals surface area contributed by atoms with Crippen LogP contribution in [0.5, 0.6) is 23.5 Å². The number of hydrogen-bond donors (Lipinski definition) is 2. The van der Waals surface area contributed by atoms with Crippen molar-refractivity contribution in [3.63, 3.8) is 0 Å². The number of carbonyl (C=O) groups is 1. The maximum atomic E-state index is 13.1. The predicted molar refractivity (Wildman–Crippen MR) is 150 cm³/mol. The molecule has 1 saturated heterocycles. The molecule has 2 aromatic heterocycles. The van der Waals surface area contributed by atoms with Crippen molar-refractivity contribution in [1.29, 1.82) is 0 Å². The van der Waals surface area contributed by atoms with Crippen molar-refractivity contribution in [2.75, 3.05) is 44.6 Å². The molecule has 0 radical (unpaired) electrons. The number of hydrogen-bond acceptors (Lipinski definition) is 9. The fourth-order valence-electron chi connectivity index (χ4n) is 4.28. The summed E-state index contributed by atoms with van der Waals surface area (Å²) in [6, 6.07) is 9.91. The molecule has 1 aliphatic rings. The van der Waals surface area contributed by atoms with Crippen LogP contribution < -0.4 is 34.9 Å². The summed E-state index contributed by atoms with van der Waals surface area (Å²) < 4.78 is 22.7. The van der Waals surface area contributed by atoms with E-state index in [-0.39, 0.29) is 29.2 Å². The van der Waals surface area contributed by atoms with E-state index in [4.69, 9.17) is 18.6 Å². The lowest BCUT2D eigenvalue weighted by Crippen LogP contribution is -2.42. The van der Waals surface area contributed by atoms with Crippen molar-refractivity contribution < 1.29 is 23.4 Å². The van der Waals surface area contributed by atoms with E-state index in [1.165, 1.54) is 19.4 Å². The van der Waals surface area contributed by atoms with Gasteiger partial charge in [-0.2, -0.15) is 9.97 Å². The number of aromatic nitrogens is 2. The molecule has 10 nitrogen and oxygen atoms in total. The molecule has 0 unspecified atom stereocenters. The topological polar surface area (TPSA) is 111 Å². The molecule has 0 atom stereocenters. The molecule has 2 N–H and O–H groups in total. The van der Waals surface area contributed by atoms with Gasteiger partial charge in [-0.3, -0.25) is 4.79 Å². The van der Waals surface area contributed by atoms with Crippen LogP contribution in [-0.2, 0) is 0 Å². The largest absolute Gasteiger partial charge is 0.479 e. The van der Waals surface area contributed by atoms with Crippen LogP contribution in [-0.4, -0.2) is 64.3 Å². The Balaban J connectivity index is 1.51. The Kier molecular flexibility index (Phi) is 8.27. The molecule has 1 fully saturated rings. The Labute approximate surface area is 224 Å². The molecule has 0 saturated carbocycles. The molecule has 204 valence electrons. The fraction of sp³-hybridized carbons (Fsp3) is 0.444. The van der Waals surface area contributed by atoms with E-state index in [0.29, 0.717) is 17.7 Å². The fourth-order valence-corrected chi connectivity index (χ4v) is 5.43. The van der Waals surface area contributed by atoms with E-state index in [0.717, 1.165) is 31.5 Å². The molecule has 38 heavy (non-hydrogen) atoms. The van der Waals surface area contributed by atoms with Crippen LogP contribution >= 0.6 is 0 Å². The smallest absolute Gasteiger partial charge is 0.291 e. The van der Waals surface area contributed by atoms with Crippen molar-refractivity contribution in [3.8, 4) is 23.5 Å². The minimum absolute atomic E-state index is 0.0707. The number of anilines is 2. The summed E-state index contributed by atoms with van der Waals surface area (Å²) in [7, 11) is 3.44. The van der Waals surface area contributed by atoms with Gasteiger partial charge in [-0.25, -0.2) is 0 Å². The zero-order valence-electron chi connectivity index (χ0n) is 23.2. The van der Waals surface area contributed by atoms with Gasteiger partial charge in [0, 0.05) is 25.2 Å². The number of carbonyl (C=O) groups excluding carboxylic acids is 1. The second-order valence-corrected chi connectivity index (χ2v) is 15.4. The van der Waals surface area contributed by atoms with Crippen LogP contribution in [0.15, 0.2) is 34.7 Å². The first-order chi connectivity index (χ1) is 18.1. The number of methoxy groups -OCH3 is 2. The van der Waals surface area contributed by atoms with Crippen LogP contribution in [0.1, 0.15) is 29.0 Å².